The maximum absolute atomic E-state index is 12.6. The standard InChI is InChI=1S/C23H27N3O2/c1-17(23(28)24-20-10-11-20)25-13-15-26(16-14-25)22(27)12-9-19-7-4-6-18-5-2-3-8-21(18)19/h2-9,12,17,20H,10-11,13-16H2,1H3,(H,24,28)/b12-9+. The summed E-state index contributed by atoms with van der Waals surface area (Å²) in [5, 5.41) is 5.38. The zero-order chi connectivity index (χ0) is 19.5. The maximum Gasteiger partial charge on any atom is 0.246 e. The largest absolute Gasteiger partial charge is 0.352 e. The van der Waals surface area contributed by atoms with Gasteiger partial charge in [-0.1, -0.05) is 42.5 Å². The van der Waals surface area contributed by atoms with Gasteiger partial charge in [0, 0.05) is 38.3 Å². The van der Waals surface area contributed by atoms with Gasteiger partial charge in [0.05, 0.1) is 6.04 Å². The van der Waals surface area contributed by atoms with E-state index in [9.17, 15) is 9.59 Å². The third kappa shape index (κ3) is 4.25. The highest BCUT2D eigenvalue weighted by Gasteiger charge is 2.30. The van der Waals surface area contributed by atoms with Crippen LogP contribution in [0.3, 0.4) is 0 Å². The van der Waals surface area contributed by atoms with Gasteiger partial charge < -0.3 is 10.2 Å². The summed E-state index contributed by atoms with van der Waals surface area (Å²) in [6.07, 6.45) is 5.77. The predicted octanol–water partition coefficient (Wildman–Crippen LogP) is 2.66. The number of nitrogens with one attached hydrogen (secondary N) is 1. The van der Waals surface area contributed by atoms with Crippen LogP contribution in [-0.2, 0) is 9.59 Å². The van der Waals surface area contributed by atoms with Gasteiger partial charge in [0.2, 0.25) is 11.8 Å². The maximum atomic E-state index is 12.6. The summed E-state index contributed by atoms with van der Waals surface area (Å²) in [7, 11) is 0. The lowest BCUT2D eigenvalue weighted by atomic mass is 10.0. The van der Waals surface area contributed by atoms with Crippen LogP contribution in [0.1, 0.15) is 25.3 Å². The Balaban J connectivity index is 1.33. The number of carbonyl (C=O) groups is 2. The van der Waals surface area contributed by atoms with Crippen molar-refractivity contribution >= 4 is 28.7 Å². The molecule has 5 heteroatoms. The minimum absolute atomic E-state index is 0.0302. The molecular weight excluding hydrogens is 350 g/mol. The van der Waals surface area contributed by atoms with Crippen molar-refractivity contribution in [3.8, 4) is 0 Å². The first-order valence-corrected chi connectivity index (χ1v) is 10.1. The van der Waals surface area contributed by atoms with Gasteiger partial charge in [0.25, 0.3) is 0 Å². The molecule has 1 N–H and O–H groups in total. The smallest absolute Gasteiger partial charge is 0.246 e. The molecule has 28 heavy (non-hydrogen) atoms. The quantitative estimate of drug-likeness (QED) is 0.815. The van der Waals surface area contributed by atoms with Crippen LogP contribution in [0.4, 0.5) is 0 Å². The zero-order valence-electron chi connectivity index (χ0n) is 16.3. The number of nitrogens with zero attached hydrogens (tertiary/aromatic N) is 2. The van der Waals surface area contributed by atoms with Crippen molar-refractivity contribution in [1.82, 2.24) is 15.1 Å². The Morgan fingerprint density at radius 2 is 1.75 bits per heavy atom. The molecule has 2 fully saturated rings. The molecule has 2 aromatic rings. The molecule has 2 aromatic carbocycles. The molecule has 0 aromatic heterocycles. The highest BCUT2D eigenvalue weighted by molar-refractivity contribution is 5.96. The number of hydrogen-bond donors (Lipinski definition) is 1. The van der Waals surface area contributed by atoms with Crippen molar-refractivity contribution < 1.29 is 9.59 Å². The van der Waals surface area contributed by atoms with Crippen molar-refractivity contribution in [3.63, 3.8) is 0 Å². The number of benzene rings is 2. The molecule has 1 unspecified atom stereocenters. The van der Waals surface area contributed by atoms with Crippen LogP contribution in [0.2, 0.25) is 0 Å². The Labute approximate surface area is 166 Å². The first-order chi connectivity index (χ1) is 13.6. The molecule has 1 saturated carbocycles. The van der Waals surface area contributed by atoms with Crippen LogP contribution >= 0.6 is 0 Å². The zero-order valence-corrected chi connectivity index (χ0v) is 16.3. The highest BCUT2D eigenvalue weighted by atomic mass is 16.2. The van der Waals surface area contributed by atoms with Gasteiger partial charge >= 0.3 is 0 Å². The monoisotopic (exact) mass is 377 g/mol. The molecule has 2 aliphatic rings. The van der Waals surface area contributed by atoms with Gasteiger partial charge in [-0.05, 0) is 42.2 Å². The van der Waals surface area contributed by atoms with Crippen LogP contribution in [0.15, 0.2) is 48.5 Å². The highest BCUT2D eigenvalue weighted by Crippen LogP contribution is 2.20. The first kappa shape index (κ1) is 18.7. The number of piperazine rings is 1. The normalized spacial score (nSPS) is 19.1. The van der Waals surface area contributed by atoms with Gasteiger partial charge in [-0.2, -0.15) is 0 Å². The van der Waals surface area contributed by atoms with Gasteiger partial charge in [0.1, 0.15) is 0 Å². The molecule has 1 aliphatic heterocycles. The fourth-order valence-corrected chi connectivity index (χ4v) is 3.71. The fourth-order valence-electron chi connectivity index (χ4n) is 3.71. The lowest BCUT2D eigenvalue weighted by Gasteiger charge is -2.37. The summed E-state index contributed by atoms with van der Waals surface area (Å²) in [5.74, 6) is 0.140. The summed E-state index contributed by atoms with van der Waals surface area (Å²) in [6, 6.07) is 14.6. The van der Waals surface area contributed by atoms with Crippen LogP contribution in [0.5, 0.6) is 0 Å². The third-order valence-electron chi connectivity index (χ3n) is 5.71. The summed E-state index contributed by atoms with van der Waals surface area (Å²) in [4.78, 5) is 28.9. The lowest BCUT2D eigenvalue weighted by molar-refractivity contribution is -0.130. The molecule has 1 aliphatic carbocycles. The second kappa shape index (κ2) is 8.15. The van der Waals surface area contributed by atoms with E-state index in [1.165, 1.54) is 5.39 Å². The summed E-state index contributed by atoms with van der Waals surface area (Å²) < 4.78 is 0. The van der Waals surface area contributed by atoms with Crippen molar-refractivity contribution in [3.05, 3.63) is 54.1 Å². The van der Waals surface area contributed by atoms with Crippen LogP contribution in [0, 0.1) is 0 Å². The molecule has 2 amide bonds. The number of amides is 2. The minimum atomic E-state index is -0.135. The van der Waals surface area contributed by atoms with E-state index in [0.29, 0.717) is 19.1 Å². The second-order valence-electron chi connectivity index (χ2n) is 7.72. The van der Waals surface area contributed by atoms with Crippen molar-refractivity contribution in [1.29, 1.82) is 0 Å². The van der Waals surface area contributed by atoms with Crippen LogP contribution < -0.4 is 5.32 Å². The van der Waals surface area contributed by atoms with Crippen molar-refractivity contribution in [2.75, 3.05) is 26.2 Å². The molecule has 0 radical (unpaired) electrons. The average Bonchev–Trinajstić information content (AvgIpc) is 3.55. The average molecular weight is 377 g/mol. The molecule has 1 atom stereocenters. The van der Waals surface area contributed by atoms with Crippen LogP contribution in [-0.4, -0.2) is 59.9 Å². The molecular formula is C23H27N3O2. The SMILES string of the molecule is CC(C(=O)NC1CC1)N1CCN(C(=O)/C=C/c2cccc3ccccc23)CC1. The summed E-state index contributed by atoms with van der Waals surface area (Å²) in [6.45, 7) is 4.72. The molecule has 4 rings (SSSR count). The number of hydrogen-bond acceptors (Lipinski definition) is 3. The van der Waals surface area contributed by atoms with E-state index in [4.69, 9.17) is 0 Å². The molecule has 1 heterocycles. The Morgan fingerprint density at radius 3 is 2.50 bits per heavy atom. The topological polar surface area (TPSA) is 52.7 Å². The Bertz CT molecular complexity index is 890. The van der Waals surface area contributed by atoms with Gasteiger partial charge in [-0.25, -0.2) is 0 Å². The van der Waals surface area contributed by atoms with E-state index in [2.05, 4.69) is 28.4 Å². The predicted molar refractivity (Wildman–Crippen MR) is 112 cm³/mol. The molecule has 1 saturated heterocycles. The van der Waals surface area contributed by atoms with Gasteiger partial charge in [0.15, 0.2) is 0 Å². The van der Waals surface area contributed by atoms with E-state index in [1.54, 1.807) is 6.08 Å². The Morgan fingerprint density at radius 1 is 1.04 bits per heavy atom. The molecule has 146 valence electrons. The summed E-state index contributed by atoms with van der Waals surface area (Å²) in [5.41, 5.74) is 1.05. The van der Waals surface area contributed by atoms with E-state index < -0.39 is 0 Å². The lowest BCUT2D eigenvalue weighted by Crippen LogP contribution is -2.55. The van der Waals surface area contributed by atoms with Gasteiger partial charge in [-0.3, -0.25) is 14.5 Å². The second-order valence-corrected chi connectivity index (χ2v) is 7.72. The first-order valence-electron chi connectivity index (χ1n) is 10.1. The molecule has 5 nitrogen and oxygen atoms in total. The summed E-state index contributed by atoms with van der Waals surface area (Å²) >= 11 is 0. The van der Waals surface area contributed by atoms with Crippen molar-refractivity contribution in [2.24, 2.45) is 0 Å². The Hall–Kier alpha value is -2.66. The van der Waals surface area contributed by atoms with Gasteiger partial charge in [-0.15, -0.1) is 0 Å². The minimum Gasteiger partial charge on any atom is -0.352 e. The van der Waals surface area contributed by atoms with Crippen molar-refractivity contribution in [2.45, 2.75) is 31.8 Å². The fraction of sp³-hybridized carbons (Fsp3) is 0.391. The Kier molecular flexibility index (Phi) is 5.44. The van der Waals surface area contributed by atoms with E-state index in [-0.39, 0.29) is 17.9 Å². The molecule has 0 spiro atoms. The molecule has 0 bridgehead atoms. The van der Waals surface area contributed by atoms with E-state index >= 15 is 0 Å². The third-order valence-corrected chi connectivity index (χ3v) is 5.71. The van der Waals surface area contributed by atoms with E-state index in [1.807, 2.05) is 42.2 Å². The number of carbonyl (C=O) groups excluding carboxylic acids is 2. The van der Waals surface area contributed by atoms with E-state index in [0.717, 1.165) is 36.9 Å². The van der Waals surface area contributed by atoms with Crippen LogP contribution in [0.25, 0.3) is 16.8 Å². The number of rotatable bonds is 5. The number of fused-ring (bicyclic) bond motifs is 1.